The topological polar surface area (TPSA) is 89.3 Å². The maximum Gasteiger partial charge on any atom is 0.302 e. The summed E-state index contributed by atoms with van der Waals surface area (Å²) in [6.07, 6.45) is 5.88. The van der Waals surface area contributed by atoms with E-state index in [4.69, 9.17) is 13.9 Å². The predicted molar refractivity (Wildman–Crippen MR) is 100 cm³/mol. The van der Waals surface area contributed by atoms with Crippen LogP contribution in [0.5, 0.6) is 0 Å². The highest BCUT2D eigenvalue weighted by molar-refractivity contribution is 5.85. The normalized spacial score (nSPS) is 42.3. The third-order valence-corrected chi connectivity index (χ3v) is 7.96. The largest absolute Gasteiger partial charge is 0.472 e. The Kier molecular flexibility index (Phi) is 4.70. The maximum atomic E-state index is 13.3. The molecule has 0 amide bonds. The van der Waals surface area contributed by atoms with Crippen LogP contribution >= 0.6 is 0 Å². The zero-order valence-corrected chi connectivity index (χ0v) is 16.9. The summed E-state index contributed by atoms with van der Waals surface area (Å²) in [6.45, 7) is 6.20. The van der Waals surface area contributed by atoms with Crippen LogP contribution in [0.2, 0.25) is 0 Å². The second-order valence-electron chi connectivity index (χ2n) is 9.29. The maximum absolute atomic E-state index is 13.3. The molecule has 1 N–H and O–H groups in total. The first-order valence-electron chi connectivity index (χ1n) is 10.2. The Bertz CT molecular complexity index is 751. The van der Waals surface area contributed by atoms with Gasteiger partial charge in [-0.1, -0.05) is 13.8 Å². The van der Waals surface area contributed by atoms with Crippen molar-refractivity contribution in [2.24, 2.45) is 22.7 Å². The summed E-state index contributed by atoms with van der Waals surface area (Å²) >= 11 is 0. The Hall–Kier alpha value is -1.66. The number of hydrogen-bond donors (Lipinski definition) is 1. The number of fused-ring (bicyclic) bond motifs is 2. The molecule has 154 valence electrons. The van der Waals surface area contributed by atoms with Gasteiger partial charge in [0, 0.05) is 19.3 Å². The van der Waals surface area contributed by atoms with Gasteiger partial charge < -0.3 is 19.0 Å². The first-order valence-corrected chi connectivity index (χ1v) is 10.2. The van der Waals surface area contributed by atoms with Crippen molar-refractivity contribution in [2.45, 2.75) is 64.6 Å². The molecule has 1 spiro atoms. The zero-order valence-electron chi connectivity index (χ0n) is 16.9. The van der Waals surface area contributed by atoms with E-state index in [0.717, 1.165) is 18.4 Å². The van der Waals surface area contributed by atoms with Gasteiger partial charge in [0.25, 0.3) is 0 Å². The molecule has 1 aromatic rings. The van der Waals surface area contributed by atoms with E-state index in [1.54, 1.807) is 12.5 Å². The Labute approximate surface area is 165 Å². The quantitative estimate of drug-likeness (QED) is 0.614. The molecule has 3 aliphatic rings. The second-order valence-corrected chi connectivity index (χ2v) is 9.29. The minimum atomic E-state index is -0.869. The Morgan fingerprint density at radius 2 is 2.18 bits per heavy atom. The number of aliphatic hydroxyl groups excluding tert-OH is 1. The van der Waals surface area contributed by atoms with Gasteiger partial charge in [-0.15, -0.1) is 0 Å². The molecular formula is C22H30O6. The van der Waals surface area contributed by atoms with Crippen molar-refractivity contribution in [3.63, 3.8) is 0 Å². The highest BCUT2D eigenvalue weighted by Gasteiger charge is 2.75. The minimum Gasteiger partial charge on any atom is -0.472 e. The third kappa shape index (κ3) is 2.76. The fourth-order valence-corrected chi connectivity index (χ4v) is 6.08. The van der Waals surface area contributed by atoms with Gasteiger partial charge in [-0.05, 0) is 48.6 Å². The SMILES string of the molecule is CC(=O)OC[C@@]12[C@H](O)C[C@@H](C)[C@](C)(CCc3ccoc3)[C@H]1C(=O)CC[C@@]21CO1. The molecule has 1 aromatic heterocycles. The number of ether oxygens (including phenoxy) is 2. The average molecular weight is 390 g/mol. The van der Waals surface area contributed by atoms with E-state index >= 15 is 0 Å². The summed E-state index contributed by atoms with van der Waals surface area (Å²) < 4.78 is 16.6. The molecule has 6 heteroatoms. The van der Waals surface area contributed by atoms with Gasteiger partial charge in [0.05, 0.1) is 30.7 Å². The average Bonchev–Trinajstić information content (AvgIpc) is 3.23. The van der Waals surface area contributed by atoms with Gasteiger partial charge in [-0.25, -0.2) is 0 Å². The summed E-state index contributed by atoms with van der Waals surface area (Å²) in [5, 5.41) is 11.3. The van der Waals surface area contributed by atoms with Crippen molar-refractivity contribution in [1.82, 2.24) is 0 Å². The predicted octanol–water partition coefficient (Wildman–Crippen LogP) is 2.92. The first-order chi connectivity index (χ1) is 13.3. The van der Waals surface area contributed by atoms with Crippen molar-refractivity contribution in [3.8, 4) is 0 Å². The lowest BCUT2D eigenvalue weighted by Gasteiger charge is -2.61. The number of aryl methyl sites for hydroxylation is 1. The summed E-state index contributed by atoms with van der Waals surface area (Å²) in [7, 11) is 0. The number of Topliss-reactive ketones (excluding diaryl/α,β-unsaturated/α-hetero) is 1. The molecule has 2 heterocycles. The van der Waals surface area contributed by atoms with E-state index in [1.165, 1.54) is 6.92 Å². The van der Waals surface area contributed by atoms with Crippen molar-refractivity contribution < 1.29 is 28.6 Å². The van der Waals surface area contributed by atoms with Crippen LogP contribution in [0.4, 0.5) is 0 Å². The van der Waals surface area contributed by atoms with E-state index in [-0.39, 0.29) is 23.7 Å². The van der Waals surface area contributed by atoms with E-state index in [1.807, 2.05) is 6.07 Å². The Balaban J connectivity index is 1.74. The van der Waals surface area contributed by atoms with E-state index in [9.17, 15) is 14.7 Å². The van der Waals surface area contributed by atoms with E-state index in [0.29, 0.717) is 25.9 Å². The highest BCUT2D eigenvalue weighted by atomic mass is 16.6. The number of carbonyl (C=O) groups is 2. The number of rotatable bonds is 5. The molecule has 2 saturated carbocycles. The van der Waals surface area contributed by atoms with E-state index < -0.39 is 29.0 Å². The zero-order chi connectivity index (χ0) is 20.2. The molecule has 0 unspecified atom stereocenters. The van der Waals surface area contributed by atoms with Crippen LogP contribution in [-0.2, 0) is 25.5 Å². The molecule has 1 aliphatic heterocycles. The molecule has 1 saturated heterocycles. The standard InChI is InChI=1S/C22H30O6/c1-14-10-18(25)22(13-27-15(2)23)19(17(24)5-8-21(22)12-28-21)20(14,3)7-4-16-6-9-26-11-16/h6,9,11,14,18-19,25H,4-5,7-8,10,12-13H2,1-3H3/t14-,18-,19-,20+,21-,22-/m1/s1. The van der Waals surface area contributed by atoms with Crippen molar-refractivity contribution in [1.29, 1.82) is 0 Å². The number of aliphatic hydroxyl groups is 1. The molecule has 2 aliphatic carbocycles. The molecule has 3 fully saturated rings. The van der Waals surface area contributed by atoms with Crippen LogP contribution in [0.25, 0.3) is 0 Å². The second kappa shape index (κ2) is 6.70. The van der Waals surface area contributed by atoms with Gasteiger partial charge in [-0.2, -0.15) is 0 Å². The summed E-state index contributed by atoms with van der Waals surface area (Å²) in [5.74, 6) is -0.481. The molecule has 28 heavy (non-hydrogen) atoms. The van der Waals surface area contributed by atoms with E-state index in [2.05, 4.69) is 13.8 Å². The monoisotopic (exact) mass is 390 g/mol. The first kappa shape index (κ1) is 19.6. The van der Waals surface area contributed by atoms with Crippen molar-refractivity contribution in [2.75, 3.05) is 13.2 Å². The summed E-state index contributed by atoms with van der Waals surface area (Å²) in [5.41, 5.74) is -0.651. The van der Waals surface area contributed by atoms with Crippen molar-refractivity contribution >= 4 is 11.8 Å². The van der Waals surface area contributed by atoms with Gasteiger partial charge in [0.15, 0.2) is 0 Å². The number of esters is 1. The molecule has 0 aromatic carbocycles. The molecular weight excluding hydrogens is 360 g/mol. The third-order valence-electron chi connectivity index (χ3n) is 7.96. The fraction of sp³-hybridized carbons (Fsp3) is 0.727. The lowest BCUT2D eigenvalue weighted by atomic mass is 9.42. The summed E-state index contributed by atoms with van der Waals surface area (Å²) in [6, 6.07) is 1.95. The minimum absolute atomic E-state index is 0.0356. The molecule has 0 radical (unpaired) electrons. The van der Waals surface area contributed by atoms with Crippen LogP contribution in [0.3, 0.4) is 0 Å². The van der Waals surface area contributed by atoms with Crippen LogP contribution in [-0.4, -0.2) is 41.8 Å². The summed E-state index contributed by atoms with van der Waals surface area (Å²) in [4.78, 5) is 25.0. The van der Waals surface area contributed by atoms with Gasteiger partial charge in [-0.3, -0.25) is 9.59 Å². The lowest BCUT2D eigenvalue weighted by molar-refractivity contribution is -0.214. The van der Waals surface area contributed by atoms with Gasteiger partial charge in [0.2, 0.25) is 0 Å². The number of ketones is 1. The van der Waals surface area contributed by atoms with Crippen LogP contribution in [0.1, 0.15) is 52.0 Å². The number of hydrogen-bond acceptors (Lipinski definition) is 6. The Morgan fingerprint density at radius 1 is 1.43 bits per heavy atom. The Morgan fingerprint density at radius 3 is 2.79 bits per heavy atom. The van der Waals surface area contributed by atoms with Crippen LogP contribution in [0.15, 0.2) is 23.0 Å². The number of furan rings is 1. The lowest BCUT2D eigenvalue weighted by Crippen LogP contribution is -2.69. The molecule has 0 bridgehead atoms. The number of epoxide rings is 1. The molecule has 4 rings (SSSR count). The van der Waals surface area contributed by atoms with Crippen LogP contribution < -0.4 is 0 Å². The fourth-order valence-electron chi connectivity index (χ4n) is 6.08. The van der Waals surface area contributed by atoms with Gasteiger partial charge in [0.1, 0.15) is 18.0 Å². The van der Waals surface area contributed by atoms with Crippen molar-refractivity contribution in [3.05, 3.63) is 24.2 Å². The van der Waals surface area contributed by atoms with Gasteiger partial charge >= 0.3 is 5.97 Å². The number of carbonyl (C=O) groups excluding carboxylic acids is 2. The molecule has 6 atom stereocenters. The smallest absolute Gasteiger partial charge is 0.302 e. The molecule has 6 nitrogen and oxygen atoms in total. The van der Waals surface area contributed by atoms with Crippen LogP contribution in [0, 0.1) is 22.7 Å². The highest BCUT2D eigenvalue weighted by Crippen LogP contribution is 2.67.